The van der Waals surface area contributed by atoms with Gasteiger partial charge >= 0.3 is 6.18 Å². The van der Waals surface area contributed by atoms with E-state index in [0.29, 0.717) is 12.1 Å². The highest BCUT2D eigenvalue weighted by atomic mass is 32.2. The molecule has 2 aromatic rings. The number of benzene rings is 1. The molecule has 0 radical (unpaired) electrons. The molecule has 1 aliphatic rings. The van der Waals surface area contributed by atoms with Gasteiger partial charge in [-0.25, -0.2) is 21.6 Å². The van der Waals surface area contributed by atoms with Gasteiger partial charge in [0.15, 0.2) is 9.84 Å². The van der Waals surface area contributed by atoms with Crippen molar-refractivity contribution >= 4 is 9.84 Å². The summed E-state index contributed by atoms with van der Waals surface area (Å²) in [6.45, 7) is 0. The van der Waals surface area contributed by atoms with Crippen molar-refractivity contribution in [1.29, 1.82) is 0 Å². The van der Waals surface area contributed by atoms with Crippen LogP contribution in [0.25, 0.3) is 5.69 Å². The van der Waals surface area contributed by atoms with Crippen LogP contribution >= 0.6 is 0 Å². The quantitative estimate of drug-likeness (QED) is 0.765. The first-order valence-corrected chi connectivity index (χ1v) is 9.50. The highest BCUT2D eigenvalue weighted by molar-refractivity contribution is 7.90. The molecule has 0 spiro atoms. The molecule has 0 bridgehead atoms. The Morgan fingerprint density at radius 3 is 2.44 bits per heavy atom. The van der Waals surface area contributed by atoms with Crippen LogP contribution in [0, 0.1) is 5.82 Å². The second-order valence-electron chi connectivity index (χ2n) is 6.32. The molecule has 27 heavy (non-hydrogen) atoms. The number of halogens is 6. The molecule has 0 saturated carbocycles. The van der Waals surface area contributed by atoms with Crippen LogP contribution in [0.3, 0.4) is 0 Å². The molecule has 1 atom stereocenters. The summed E-state index contributed by atoms with van der Waals surface area (Å²) < 4.78 is 105. The van der Waals surface area contributed by atoms with Crippen LogP contribution in [0.5, 0.6) is 0 Å². The Kier molecular flexibility index (Phi) is 4.38. The van der Waals surface area contributed by atoms with Gasteiger partial charge in [0.1, 0.15) is 11.9 Å². The lowest BCUT2D eigenvalue weighted by Gasteiger charge is -2.29. The number of sulfone groups is 1. The normalized spacial score (nSPS) is 19.8. The number of aliphatic hydroxyl groups is 1. The fraction of sp³-hybridized carbons (Fsp3) is 0.375. The maximum absolute atomic E-state index is 13.9. The van der Waals surface area contributed by atoms with E-state index in [-0.39, 0.29) is 17.8 Å². The number of fused-ring (bicyclic) bond motifs is 1. The minimum Gasteiger partial charge on any atom is -0.382 e. The standard InChI is InChI=1S/C16H13F6NO3S/c1-27(25,26)12-7-23(11-4-5-15(18,19)14(24)13(11)12)8-2-3-10(17)9(6-8)16(20,21)22/h2-3,6-7,14,24H,4-5H2,1H3/t14-/m0/s1. The zero-order chi connectivity index (χ0) is 20.4. The molecule has 0 fully saturated rings. The summed E-state index contributed by atoms with van der Waals surface area (Å²) in [6.07, 6.45) is -7.01. The summed E-state index contributed by atoms with van der Waals surface area (Å²) in [4.78, 5) is -0.609. The summed E-state index contributed by atoms with van der Waals surface area (Å²) in [5, 5.41) is 9.95. The lowest BCUT2D eigenvalue weighted by atomic mass is 9.91. The average Bonchev–Trinajstić information content (AvgIpc) is 2.91. The highest BCUT2D eigenvalue weighted by Crippen LogP contribution is 2.45. The van der Waals surface area contributed by atoms with Gasteiger partial charge in [0.2, 0.25) is 0 Å². The molecular formula is C16H13F6NO3S. The molecule has 0 unspecified atom stereocenters. The average molecular weight is 413 g/mol. The first kappa shape index (κ1) is 19.7. The Hall–Kier alpha value is -2.01. The van der Waals surface area contributed by atoms with Gasteiger partial charge in [0.05, 0.1) is 10.5 Å². The van der Waals surface area contributed by atoms with Crippen LogP contribution in [0.2, 0.25) is 0 Å². The van der Waals surface area contributed by atoms with Crippen molar-refractivity contribution in [2.45, 2.75) is 35.9 Å². The van der Waals surface area contributed by atoms with E-state index in [1.807, 2.05) is 0 Å². The van der Waals surface area contributed by atoms with E-state index in [0.717, 1.165) is 23.1 Å². The number of rotatable bonds is 2. The largest absolute Gasteiger partial charge is 0.419 e. The molecule has 1 aliphatic carbocycles. The van der Waals surface area contributed by atoms with Crippen LogP contribution in [0.4, 0.5) is 26.3 Å². The number of hydrogen-bond acceptors (Lipinski definition) is 3. The second kappa shape index (κ2) is 5.99. The first-order chi connectivity index (χ1) is 12.2. The van der Waals surface area contributed by atoms with Crippen molar-refractivity contribution in [1.82, 2.24) is 4.57 Å². The zero-order valence-corrected chi connectivity index (χ0v) is 14.5. The summed E-state index contributed by atoms with van der Waals surface area (Å²) in [5.41, 5.74) is -2.45. The molecular weight excluding hydrogens is 400 g/mol. The minimum atomic E-state index is -5.00. The van der Waals surface area contributed by atoms with Crippen molar-refractivity contribution in [3.63, 3.8) is 0 Å². The molecule has 1 aromatic carbocycles. The second-order valence-corrected chi connectivity index (χ2v) is 8.31. The molecule has 0 aliphatic heterocycles. The Morgan fingerprint density at radius 2 is 1.89 bits per heavy atom. The number of hydrogen-bond donors (Lipinski definition) is 1. The smallest absolute Gasteiger partial charge is 0.382 e. The van der Waals surface area contributed by atoms with Gasteiger partial charge in [-0.1, -0.05) is 0 Å². The molecule has 1 aromatic heterocycles. The Balaban J connectivity index is 2.29. The van der Waals surface area contributed by atoms with Crippen LogP contribution in [-0.4, -0.2) is 30.3 Å². The molecule has 3 rings (SSSR count). The summed E-state index contributed by atoms with van der Waals surface area (Å²) in [6, 6.07) is 1.98. The lowest BCUT2D eigenvalue weighted by Crippen LogP contribution is -2.32. The molecule has 1 N–H and O–H groups in total. The molecule has 0 amide bonds. The van der Waals surface area contributed by atoms with E-state index in [9.17, 15) is 39.9 Å². The Morgan fingerprint density at radius 1 is 1.26 bits per heavy atom. The fourth-order valence-corrected chi connectivity index (χ4v) is 4.05. The number of aromatic nitrogens is 1. The van der Waals surface area contributed by atoms with E-state index >= 15 is 0 Å². The van der Waals surface area contributed by atoms with E-state index in [1.54, 1.807) is 0 Å². The minimum absolute atomic E-state index is 0.0615. The molecule has 0 saturated heterocycles. The van der Waals surface area contributed by atoms with Gasteiger partial charge in [0, 0.05) is 35.8 Å². The number of nitrogens with zero attached hydrogens (tertiary/aromatic N) is 1. The molecule has 4 nitrogen and oxygen atoms in total. The van der Waals surface area contributed by atoms with E-state index in [1.165, 1.54) is 0 Å². The van der Waals surface area contributed by atoms with Crippen molar-refractivity contribution < 1.29 is 39.9 Å². The van der Waals surface area contributed by atoms with Gasteiger partial charge in [-0.2, -0.15) is 13.2 Å². The maximum Gasteiger partial charge on any atom is 0.419 e. The third kappa shape index (κ3) is 3.33. The number of aliphatic hydroxyl groups excluding tert-OH is 1. The Labute approximate surface area is 150 Å². The van der Waals surface area contributed by atoms with E-state index < -0.39 is 56.3 Å². The summed E-state index contributed by atoms with van der Waals surface area (Å²) >= 11 is 0. The third-order valence-corrected chi connectivity index (χ3v) is 5.54. The SMILES string of the molecule is CS(=O)(=O)c1cn(-c2ccc(F)c(C(F)(F)F)c2)c2c1[C@H](O)C(F)(F)CC2. The van der Waals surface area contributed by atoms with Crippen molar-refractivity contribution in [3.8, 4) is 5.69 Å². The maximum atomic E-state index is 13.9. The third-order valence-electron chi connectivity index (χ3n) is 4.42. The molecule has 1 heterocycles. The van der Waals surface area contributed by atoms with Crippen LogP contribution in [0.1, 0.15) is 29.3 Å². The summed E-state index contributed by atoms with van der Waals surface area (Å²) in [5.74, 6) is -5.11. The predicted octanol–water partition coefficient (Wildman–Crippen LogP) is 3.65. The topological polar surface area (TPSA) is 59.3 Å². The van der Waals surface area contributed by atoms with Crippen LogP contribution in [-0.2, 0) is 22.4 Å². The van der Waals surface area contributed by atoms with Crippen molar-refractivity contribution in [3.05, 3.63) is 47.0 Å². The van der Waals surface area contributed by atoms with Crippen molar-refractivity contribution in [2.75, 3.05) is 6.26 Å². The highest BCUT2D eigenvalue weighted by Gasteiger charge is 2.47. The molecule has 11 heteroatoms. The first-order valence-electron chi connectivity index (χ1n) is 7.60. The Bertz CT molecular complexity index is 1010. The predicted molar refractivity (Wildman–Crippen MR) is 82.1 cm³/mol. The van der Waals surface area contributed by atoms with Gasteiger partial charge in [-0.3, -0.25) is 0 Å². The fourth-order valence-electron chi connectivity index (χ4n) is 3.12. The lowest BCUT2D eigenvalue weighted by molar-refractivity contribution is -0.140. The van der Waals surface area contributed by atoms with Crippen LogP contribution < -0.4 is 0 Å². The van der Waals surface area contributed by atoms with Crippen molar-refractivity contribution in [2.24, 2.45) is 0 Å². The van der Waals surface area contributed by atoms with Crippen LogP contribution in [0.15, 0.2) is 29.3 Å². The zero-order valence-electron chi connectivity index (χ0n) is 13.7. The summed E-state index contributed by atoms with van der Waals surface area (Å²) in [7, 11) is -4.07. The van der Waals surface area contributed by atoms with Gasteiger partial charge in [-0.15, -0.1) is 0 Å². The van der Waals surface area contributed by atoms with E-state index in [2.05, 4.69) is 0 Å². The molecule has 148 valence electrons. The van der Waals surface area contributed by atoms with E-state index in [4.69, 9.17) is 0 Å². The van der Waals surface area contributed by atoms with Gasteiger partial charge < -0.3 is 9.67 Å². The van der Waals surface area contributed by atoms with Gasteiger partial charge in [0.25, 0.3) is 5.92 Å². The van der Waals surface area contributed by atoms with Gasteiger partial charge in [-0.05, 0) is 24.6 Å². The monoisotopic (exact) mass is 413 g/mol. The number of alkyl halides is 5.